The molecule has 4 aromatic rings. The number of carbonyl (C=O) groups excluding carboxylic acids is 1. The highest BCUT2D eigenvalue weighted by atomic mass is 32.2. The summed E-state index contributed by atoms with van der Waals surface area (Å²) in [6.45, 7) is 5.45. The number of hydrogen-bond acceptors (Lipinski definition) is 7. The van der Waals surface area contributed by atoms with E-state index in [2.05, 4.69) is 25.6 Å². The van der Waals surface area contributed by atoms with Crippen LogP contribution in [0.4, 0.5) is 27.1 Å². The number of carbonyl (C=O) groups is 1. The molecule has 0 unspecified atom stereocenters. The van der Waals surface area contributed by atoms with Crippen molar-refractivity contribution in [1.82, 2.24) is 24.2 Å². The molecule has 0 saturated heterocycles. The second-order valence-corrected chi connectivity index (χ2v) is 8.37. The Morgan fingerprint density at radius 2 is 1.85 bits per heavy atom. The molecular formula is C25H24F5N7OS. The van der Waals surface area contributed by atoms with Crippen molar-refractivity contribution in [2.45, 2.75) is 33.0 Å². The van der Waals surface area contributed by atoms with Crippen LogP contribution in [-0.4, -0.2) is 37.6 Å². The molecule has 39 heavy (non-hydrogen) atoms. The predicted octanol–water partition coefficient (Wildman–Crippen LogP) is 6.34. The third-order valence-electron chi connectivity index (χ3n) is 5.46. The Kier molecular flexibility index (Phi) is 9.22. The van der Waals surface area contributed by atoms with E-state index in [1.807, 2.05) is 13.8 Å². The molecule has 0 aliphatic rings. The van der Waals surface area contributed by atoms with E-state index in [4.69, 9.17) is 5.41 Å². The van der Waals surface area contributed by atoms with Crippen molar-refractivity contribution in [2.24, 2.45) is 0 Å². The quantitative estimate of drug-likeness (QED) is 0.178. The molecule has 1 aromatic carbocycles. The van der Waals surface area contributed by atoms with E-state index in [9.17, 15) is 26.2 Å². The van der Waals surface area contributed by atoms with Gasteiger partial charge in [0.15, 0.2) is 18.0 Å². The van der Waals surface area contributed by atoms with Gasteiger partial charge in [-0.3, -0.25) is 15.2 Å². The molecule has 1 amide bonds. The number of rotatable bonds is 7. The van der Waals surface area contributed by atoms with Gasteiger partial charge in [0, 0.05) is 30.7 Å². The number of amides is 1. The average molecular weight is 566 g/mol. The van der Waals surface area contributed by atoms with Crippen LogP contribution in [0.2, 0.25) is 0 Å². The first-order valence-corrected chi connectivity index (χ1v) is 12.3. The van der Waals surface area contributed by atoms with Crippen LogP contribution in [0.5, 0.6) is 0 Å². The Morgan fingerprint density at radius 3 is 2.49 bits per heavy atom. The Balaban J connectivity index is 0.00000205. The number of anilines is 1. The van der Waals surface area contributed by atoms with Crippen LogP contribution in [0.1, 0.15) is 59.7 Å². The largest absolute Gasteiger partial charge is 0.416 e. The maximum atomic E-state index is 13.6. The van der Waals surface area contributed by atoms with Crippen LogP contribution < -0.4 is 10.6 Å². The fraction of sp³-hybridized carbons (Fsp3) is 0.240. The van der Waals surface area contributed by atoms with Crippen molar-refractivity contribution in [3.05, 3.63) is 82.8 Å². The second-order valence-electron chi connectivity index (χ2n) is 7.84. The van der Waals surface area contributed by atoms with Crippen molar-refractivity contribution in [2.75, 3.05) is 12.4 Å². The van der Waals surface area contributed by atoms with Crippen molar-refractivity contribution in [3.63, 3.8) is 0 Å². The number of benzene rings is 1. The maximum Gasteiger partial charge on any atom is 0.416 e. The standard InChI is InChI=1S/C23H18F5N7OS.C2H6/c1-11(16-7-12(5-6-31-16)23(25,26)27)33-22(36)15-10-35(37-28)21-20(15)34-18(9-32-21)19(29)14-4-3-13(24)8-17(14)30-2;1-2/h3-11,29-30H,1-2H3,(H,33,36);1-2H3/t11-;/m1./s1. The zero-order chi connectivity index (χ0) is 28.9. The monoisotopic (exact) mass is 565 g/mol. The third kappa shape index (κ3) is 6.33. The SMILES string of the molecule is CC.CNc1cc(F)ccc1C(=N)c1cnc2c(n1)c(C(=O)N[C@H](C)c1cc(C(F)(F)F)ccn1)cn2SF. The number of nitrogens with zero attached hydrogens (tertiary/aromatic N) is 4. The highest BCUT2D eigenvalue weighted by Crippen LogP contribution is 2.30. The average Bonchev–Trinajstić information content (AvgIpc) is 3.31. The molecular weight excluding hydrogens is 541 g/mol. The third-order valence-corrected chi connectivity index (χ3v) is 5.89. The summed E-state index contributed by atoms with van der Waals surface area (Å²) in [6, 6.07) is 4.47. The number of hydrogen-bond donors (Lipinski definition) is 3. The van der Waals surface area contributed by atoms with Gasteiger partial charge in [0.05, 0.1) is 34.8 Å². The predicted molar refractivity (Wildman–Crippen MR) is 140 cm³/mol. The van der Waals surface area contributed by atoms with Crippen molar-refractivity contribution in [3.8, 4) is 0 Å². The van der Waals surface area contributed by atoms with E-state index < -0.39 is 29.5 Å². The second kappa shape index (κ2) is 12.2. The van der Waals surface area contributed by atoms with Crippen molar-refractivity contribution >= 4 is 40.8 Å². The Labute approximate surface area is 225 Å². The molecule has 0 spiro atoms. The number of alkyl halides is 3. The maximum absolute atomic E-state index is 13.6. The molecule has 1 atom stereocenters. The summed E-state index contributed by atoms with van der Waals surface area (Å²) in [5.41, 5.74) is -0.582. The van der Waals surface area contributed by atoms with Gasteiger partial charge in [-0.1, -0.05) is 13.8 Å². The molecule has 3 aromatic heterocycles. The lowest BCUT2D eigenvalue weighted by atomic mass is 10.1. The van der Waals surface area contributed by atoms with Gasteiger partial charge in [-0.05, 0) is 37.3 Å². The van der Waals surface area contributed by atoms with Gasteiger partial charge in [0.2, 0.25) is 0 Å². The van der Waals surface area contributed by atoms with Gasteiger partial charge in [0.25, 0.3) is 5.91 Å². The van der Waals surface area contributed by atoms with Crippen LogP contribution in [0, 0.1) is 11.2 Å². The summed E-state index contributed by atoms with van der Waals surface area (Å²) in [7, 11) is 1.56. The van der Waals surface area contributed by atoms with Gasteiger partial charge in [-0.25, -0.2) is 18.3 Å². The lowest BCUT2D eigenvalue weighted by Gasteiger charge is -2.15. The molecule has 0 saturated carbocycles. The number of halogens is 5. The van der Waals surface area contributed by atoms with E-state index in [1.165, 1.54) is 31.3 Å². The molecule has 3 heterocycles. The molecule has 0 fully saturated rings. The molecule has 0 bridgehead atoms. The fourth-order valence-corrected chi connectivity index (χ4v) is 3.94. The summed E-state index contributed by atoms with van der Waals surface area (Å²) in [5.74, 6) is -1.27. The molecule has 206 valence electrons. The highest BCUT2D eigenvalue weighted by molar-refractivity contribution is 7.92. The summed E-state index contributed by atoms with van der Waals surface area (Å²) in [4.78, 5) is 25.4. The molecule has 14 heteroatoms. The van der Waals surface area contributed by atoms with Crippen molar-refractivity contribution < 1.29 is 26.2 Å². The summed E-state index contributed by atoms with van der Waals surface area (Å²) < 4.78 is 67.3. The van der Waals surface area contributed by atoms with E-state index in [0.29, 0.717) is 11.3 Å². The molecule has 8 nitrogen and oxygen atoms in total. The Hall–Kier alpha value is -4.07. The number of pyridine rings is 1. The van der Waals surface area contributed by atoms with Gasteiger partial charge < -0.3 is 10.6 Å². The first-order valence-electron chi connectivity index (χ1n) is 11.6. The lowest BCUT2D eigenvalue weighted by molar-refractivity contribution is -0.137. The van der Waals surface area contributed by atoms with Crippen LogP contribution in [0.15, 0.2) is 48.9 Å². The van der Waals surface area contributed by atoms with E-state index in [-0.39, 0.29) is 46.2 Å². The van der Waals surface area contributed by atoms with Crippen molar-refractivity contribution in [1.29, 1.82) is 5.41 Å². The minimum Gasteiger partial charge on any atom is -0.387 e. The number of fused-ring (bicyclic) bond motifs is 1. The van der Waals surface area contributed by atoms with Crippen LogP contribution in [0.3, 0.4) is 0 Å². The van der Waals surface area contributed by atoms with Gasteiger partial charge in [-0.2, -0.15) is 13.2 Å². The Morgan fingerprint density at radius 1 is 1.13 bits per heavy atom. The molecule has 0 aliphatic carbocycles. The van der Waals surface area contributed by atoms with Gasteiger partial charge >= 0.3 is 6.18 Å². The van der Waals surface area contributed by atoms with E-state index >= 15 is 0 Å². The first kappa shape index (κ1) is 29.5. The zero-order valence-corrected chi connectivity index (χ0v) is 22.0. The van der Waals surface area contributed by atoms with E-state index in [1.54, 1.807) is 7.05 Å². The van der Waals surface area contributed by atoms with Gasteiger partial charge in [0.1, 0.15) is 17.0 Å². The summed E-state index contributed by atoms with van der Waals surface area (Å²) >= 11 is -0.234. The molecule has 0 radical (unpaired) electrons. The van der Waals surface area contributed by atoms with E-state index in [0.717, 1.165) is 28.5 Å². The summed E-state index contributed by atoms with van der Waals surface area (Å²) in [6.07, 6.45) is -1.23. The molecule has 0 aliphatic heterocycles. The van der Waals surface area contributed by atoms with Crippen LogP contribution >= 0.6 is 12.3 Å². The highest BCUT2D eigenvalue weighted by Gasteiger charge is 2.31. The normalized spacial score (nSPS) is 11.9. The zero-order valence-electron chi connectivity index (χ0n) is 21.2. The number of aromatic nitrogens is 4. The smallest absolute Gasteiger partial charge is 0.387 e. The molecule has 3 N–H and O–H groups in total. The summed E-state index contributed by atoms with van der Waals surface area (Å²) in [5, 5.41) is 13.9. The topological polar surface area (TPSA) is 109 Å². The van der Waals surface area contributed by atoms with Crippen LogP contribution in [0.25, 0.3) is 11.2 Å². The van der Waals surface area contributed by atoms with Gasteiger partial charge in [-0.15, -0.1) is 3.89 Å². The Bertz CT molecular complexity index is 1510. The number of nitrogens with one attached hydrogen (secondary N) is 3. The minimum atomic E-state index is -4.58. The minimum absolute atomic E-state index is 0.00741. The first-order chi connectivity index (χ1) is 18.5. The lowest BCUT2D eigenvalue weighted by Crippen LogP contribution is -2.27. The van der Waals surface area contributed by atoms with Crippen LogP contribution in [-0.2, 0) is 6.18 Å². The fourth-order valence-electron chi connectivity index (χ4n) is 3.59. The molecule has 4 rings (SSSR count).